The summed E-state index contributed by atoms with van der Waals surface area (Å²) in [5, 5.41) is 12.6. The van der Waals surface area contributed by atoms with Gasteiger partial charge in [0.1, 0.15) is 5.75 Å². The van der Waals surface area contributed by atoms with E-state index in [4.69, 9.17) is 5.73 Å². The number of hydrogen-bond donors (Lipinski definition) is 3. The SMILES string of the molecule is Cc1ccc(NC(=O)Cc2ccc(N)cn2)c(C)c1O. The zero-order chi connectivity index (χ0) is 14.7. The molecule has 0 unspecified atom stereocenters. The van der Waals surface area contributed by atoms with Crippen LogP contribution in [0.4, 0.5) is 11.4 Å². The van der Waals surface area contributed by atoms with Crippen LogP contribution < -0.4 is 11.1 Å². The van der Waals surface area contributed by atoms with Gasteiger partial charge in [0, 0.05) is 16.9 Å². The highest BCUT2D eigenvalue weighted by Crippen LogP contribution is 2.28. The number of carbonyl (C=O) groups excluding carboxylic acids is 1. The number of pyridine rings is 1. The van der Waals surface area contributed by atoms with Crippen LogP contribution in [0.1, 0.15) is 16.8 Å². The molecule has 0 saturated heterocycles. The van der Waals surface area contributed by atoms with E-state index in [9.17, 15) is 9.90 Å². The summed E-state index contributed by atoms with van der Waals surface area (Å²) in [6, 6.07) is 6.96. The largest absolute Gasteiger partial charge is 0.507 e. The molecule has 0 aliphatic heterocycles. The second kappa shape index (κ2) is 5.61. The van der Waals surface area contributed by atoms with Crippen LogP contribution >= 0.6 is 0 Å². The van der Waals surface area contributed by atoms with E-state index in [1.54, 1.807) is 31.2 Å². The number of benzene rings is 1. The predicted octanol–water partition coefficient (Wildman–Crippen LogP) is 2.17. The van der Waals surface area contributed by atoms with Crippen LogP contribution in [-0.4, -0.2) is 16.0 Å². The summed E-state index contributed by atoms with van der Waals surface area (Å²) in [7, 11) is 0. The molecular weight excluding hydrogens is 254 g/mol. The van der Waals surface area contributed by atoms with Gasteiger partial charge in [0.05, 0.1) is 18.3 Å². The molecule has 2 aromatic rings. The number of nitrogens with zero attached hydrogens (tertiary/aromatic N) is 1. The van der Waals surface area contributed by atoms with E-state index in [1.165, 1.54) is 6.20 Å². The molecule has 1 aromatic heterocycles. The maximum Gasteiger partial charge on any atom is 0.230 e. The van der Waals surface area contributed by atoms with Gasteiger partial charge in [-0.2, -0.15) is 0 Å². The molecule has 0 radical (unpaired) electrons. The van der Waals surface area contributed by atoms with Gasteiger partial charge in [-0.05, 0) is 37.6 Å². The fraction of sp³-hybridized carbons (Fsp3) is 0.200. The molecule has 20 heavy (non-hydrogen) atoms. The fourth-order valence-corrected chi connectivity index (χ4v) is 1.87. The van der Waals surface area contributed by atoms with Crippen LogP contribution in [0.3, 0.4) is 0 Å². The van der Waals surface area contributed by atoms with Gasteiger partial charge in [-0.3, -0.25) is 9.78 Å². The summed E-state index contributed by atoms with van der Waals surface area (Å²) in [5.74, 6) is 0.0158. The van der Waals surface area contributed by atoms with Gasteiger partial charge in [0.15, 0.2) is 0 Å². The average molecular weight is 271 g/mol. The van der Waals surface area contributed by atoms with E-state index in [2.05, 4.69) is 10.3 Å². The summed E-state index contributed by atoms with van der Waals surface area (Å²) in [6.45, 7) is 3.58. The lowest BCUT2D eigenvalue weighted by molar-refractivity contribution is -0.115. The lowest BCUT2D eigenvalue weighted by Crippen LogP contribution is -2.16. The van der Waals surface area contributed by atoms with Crippen molar-refractivity contribution in [1.29, 1.82) is 0 Å². The molecular formula is C15H17N3O2. The number of anilines is 2. The van der Waals surface area contributed by atoms with Crippen LogP contribution in [-0.2, 0) is 11.2 Å². The van der Waals surface area contributed by atoms with Crippen LogP contribution in [0, 0.1) is 13.8 Å². The molecule has 2 rings (SSSR count). The van der Waals surface area contributed by atoms with Crippen molar-refractivity contribution in [2.45, 2.75) is 20.3 Å². The quantitative estimate of drug-likeness (QED) is 0.798. The Morgan fingerprint density at radius 2 is 2.05 bits per heavy atom. The minimum atomic E-state index is -0.186. The number of nitrogens with two attached hydrogens (primary N) is 1. The summed E-state index contributed by atoms with van der Waals surface area (Å²) in [6.07, 6.45) is 1.68. The summed E-state index contributed by atoms with van der Waals surface area (Å²) >= 11 is 0. The van der Waals surface area contributed by atoms with Crippen LogP contribution in [0.5, 0.6) is 5.75 Å². The molecule has 4 N–H and O–H groups in total. The van der Waals surface area contributed by atoms with Crippen LogP contribution in [0.15, 0.2) is 30.5 Å². The number of aromatic nitrogens is 1. The van der Waals surface area contributed by atoms with Crippen molar-refractivity contribution in [2.75, 3.05) is 11.1 Å². The Hall–Kier alpha value is -2.56. The minimum absolute atomic E-state index is 0.161. The number of aromatic hydroxyl groups is 1. The smallest absolute Gasteiger partial charge is 0.230 e. The normalized spacial score (nSPS) is 10.3. The lowest BCUT2D eigenvalue weighted by atomic mass is 10.1. The number of hydrogen-bond acceptors (Lipinski definition) is 4. The number of nitrogen functional groups attached to an aromatic ring is 1. The molecule has 0 bridgehead atoms. The highest BCUT2D eigenvalue weighted by atomic mass is 16.3. The second-order valence-corrected chi connectivity index (χ2v) is 4.71. The molecule has 1 aromatic carbocycles. The number of nitrogens with one attached hydrogen (secondary N) is 1. The van der Waals surface area contributed by atoms with Crippen molar-refractivity contribution in [3.8, 4) is 5.75 Å². The van der Waals surface area contributed by atoms with Crippen molar-refractivity contribution >= 4 is 17.3 Å². The number of phenolic OH excluding ortho intramolecular Hbond substituents is 1. The molecule has 0 fully saturated rings. The van der Waals surface area contributed by atoms with Crippen LogP contribution in [0.2, 0.25) is 0 Å². The number of aryl methyl sites for hydroxylation is 1. The standard InChI is InChI=1S/C15H17N3O2/c1-9-3-6-13(10(2)15(9)20)18-14(19)7-12-5-4-11(16)8-17-12/h3-6,8,20H,7,16H2,1-2H3,(H,18,19). The van der Waals surface area contributed by atoms with Gasteiger partial charge >= 0.3 is 0 Å². The van der Waals surface area contributed by atoms with Gasteiger partial charge in [-0.15, -0.1) is 0 Å². The molecule has 1 heterocycles. The first-order chi connectivity index (χ1) is 9.47. The van der Waals surface area contributed by atoms with Crippen molar-refractivity contribution < 1.29 is 9.90 Å². The Labute approximate surface area is 117 Å². The summed E-state index contributed by atoms with van der Waals surface area (Å²) in [4.78, 5) is 16.0. The van der Waals surface area contributed by atoms with Crippen LogP contribution in [0.25, 0.3) is 0 Å². The van der Waals surface area contributed by atoms with Gasteiger partial charge in [-0.25, -0.2) is 0 Å². The molecule has 0 spiro atoms. The number of carbonyl (C=O) groups is 1. The van der Waals surface area contributed by atoms with E-state index in [-0.39, 0.29) is 18.1 Å². The van der Waals surface area contributed by atoms with E-state index in [0.717, 1.165) is 5.56 Å². The first kappa shape index (κ1) is 13.9. The Morgan fingerprint density at radius 1 is 1.30 bits per heavy atom. The average Bonchev–Trinajstić information content (AvgIpc) is 2.42. The third-order valence-electron chi connectivity index (χ3n) is 3.10. The first-order valence-corrected chi connectivity index (χ1v) is 6.27. The van der Waals surface area contributed by atoms with E-state index in [0.29, 0.717) is 22.6 Å². The number of amides is 1. The Morgan fingerprint density at radius 3 is 2.70 bits per heavy atom. The Bertz CT molecular complexity index is 636. The zero-order valence-electron chi connectivity index (χ0n) is 11.5. The van der Waals surface area contributed by atoms with Gasteiger partial charge in [-0.1, -0.05) is 6.07 Å². The van der Waals surface area contributed by atoms with Gasteiger partial charge in [0.2, 0.25) is 5.91 Å². The van der Waals surface area contributed by atoms with Crippen molar-refractivity contribution in [1.82, 2.24) is 4.98 Å². The van der Waals surface area contributed by atoms with E-state index >= 15 is 0 Å². The molecule has 0 aliphatic rings. The molecule has 5 heteroatoms. The Balaban J connectivity index is 2.08. The number of phenols is 1. The summed E-state index contributed by atoms with van der Waals surface area (Å²) in [5.41, 5.74) is 8.79. The zero-order valence-corrected chi connectivity index (χ0v) is 11.5. The van der Waals surface area contributed by atoms with E-state index < -0.39 is 0 Å². The molecule has 1 amide bonds. The van der Waals surface area contributed by atoms with E-state index in [1.807, 2.05) is 6.92 Å². The molecule has 0 aliphatic carbocycles. The third kappa shape index (κ3) is 3.06. The molecule has 0 atom stereocenters. The van der Waals surface area contributed by atoms with Gasteiger partial charge < -0.3 is 16.2 Å². The fourth-order valence-electron chi connectivity index (χ4n) is 1.87. The molecule has 0 saturated carbocycles. The summed E-state index contributed by atoms with van der Waals surface area (Å²) < 4.78 is 0. The molecule has 104 valence electrons. The first-order valence-electron chi connectivity index (χ1n) is 6.27. The van der Waals surface area contributed by atoms with Crippen molar-refractivity contribution in [3.05, 3.63) is 47.3 Å². The highest BCUT2D eigenvalue weighted by molar-refractivity contribution is 5.93. The minimum Gasteiger partial charge on any atom is -0.507 e. The maximum absolute atomic E-state index is 12.0. The van der Waals surface area contributed by atoms with Crippen molar-refractivity contribution in [2.24, 2.45) is 0 Å². The Kier molecular flexibility index (Phi) is 3.89. The maximum atomic E-state index is 12.0. The highest BCUT2D eigenvalue weighted by Gasteiger charge is 2.10. The monoisotopic (exact) mass is 271 g/mol. The topological polar surface area (TPSA) is 88.2 Å². The number of rotatable bonds is 3. The second-order valence-electron chi connectivity index (χ2n) is 4.71. The lowest BCUT2D eigenvalue weighted by Gasteiger charge is -2.11. The van der Waals surface area contributed by atoms with Crippen molar-refractivity contribution in [3.63, 3.8) is 0 Å². The predicted molar refractivity (Wildman–Crippen MR) is 78.6 cm³/mol. The van der Waals surface area contributed by atoms with Gasteiger partial charge in [0.25, 0.3) is 0 Å². The molecule has 5 nitrogen and oxygen atoms in total. The third-order valence-corrected chi connectivity index (χ3v) is 3.10.